The highest BCUT2D eigenvalue weighted by Crippen LogP contribution is 2.29. The molecule has 25 heavy (non-hydrogen) atoms. The van der Waals surface area contributed by atoms with E-state index in [4.69, 9.17) is 9.47 Å². The third kappa shape index (κ3) is 5.70. The Bertz CT molecular complexity index is 713. The molecule has 0 saturated heterocycles. The van der Waals surface area contributed by atoms with Crippen molar-refractivity contribution >= 4 is 22.4 Å². The van der Waals surface area contributed by atoms with E-state index in [1.165, 1.54) is 11.3 Å². The van der Waals surface area contributed by atoms with E-state index in [-0.39, 0.29) is 5.91 Å². The summed E-state index contributed by atoms with van der Waals surface area (Å²) in [5.41, 5.74) is 0.481. The highest BCUT2D eigenvalue weighted by atomic mass is 32.1. The number of anilines is 1. The smallest absolute Gasteiger partial charge is 0.257 e. The Morgan fingerprint density at radius 1 is 1.16 bits per heavy atom. The average Bonchev–Trinajstić information content (AvgIpc) is 2.98. The summed E-state index contributed by atoms with van der Waals surface area (Å²) in [5, 5.41) is 12.3. The summed E-state index contributed by atoms with van der Waals surface area (Å²) in [6, 6.07) is 5.13. The molecule has 2 aromatic rings. The molecule has 1 aromatic heterocycles. The number of hydrogen-bond acceptors (Lipinski definition) is 6. The number of aromatic nitrogens is 2. The first-order valence-electron chi connectivity index (χ1n) is 8.33. The first kappa shape index (κ1) is 19.2. The summed E-state index contributed by atoms with van der Waals surface area (Å²) in [4.78, 5) is 12.4. The normalized spacial score (nSPS) is 11.0. The van der Waals surface area contributed by atoms with Crippen LogP contribution in [0.5, 0.6) is 11.5 Å². The van der Waals surface area contributed by atoms with Crippen molar-refractivity contribution in [1.29, 1.82) is 0 Å². The molecule has 136 valence electrons. The maximum atomic E-state index is 12.4. The van der Waals surface area contributed by atoms with Gasteiger partial charge in [-0.15, -0.1) is 10.2 Å². The summed E-state index contributed by atoms with van der Waals surface area (Å²) in [7, 11) is 1.56. The van der Waals surface area contributed by atoms with Crippen LogP contribution in [0.2, 0.25) is 0 Å². The van der Waals surface area contributed by atoms with E-state index in [1.807, 2.05) is 0 Å². The van der Waals surface area contributed by atoms with Crippen molar-refractivity contribution in [1.82, 2.24) is 10.2 Å². The molecule has 0 unspecified atom stereocenters. The third-order valence-electron chi connectivity index (χ3n) is 3.27. The van der Waals surface area contributed by atoms with Gasteiger partial charge in [0.1, 0.15) is 5.01 Å². The lowest BCUT2D eigenvalue weighted by atomic mass is 10.1. The van der Waals surface area contributed by atoms with Crippen molar-refractivity contribution in [2.24, 2.45) is 11.8 Å². The molecular weight excluding hydrogens is 338 g/mol. The number of methoxy groups -OCH3 is 1. The van der Waals surface area contributed by atoms with Gasteiger partial charge in [0, 0.05) is 12.0 Å². The summed E-state index contributed by atoms with van der Waals surface area (Å²) in [6.07, 6.45) is 0.850. The van der Waals surface area contributed by atoms with Gasteiger partial charge in [0.2, 0.25) is 5.13 Å². The van der Waals surface area contributed by atoms with E-state index < -0.39 is 0 Å². The Labute approximate surface area is 152 Å². The van der Waals surface area contributed by atoms with Crippen molar-refractivity contribution < 1.29 is 14.3 Å². The number of ether oxygens (including phenoxy) is 2. The first-order chi connectivity index (χ1) is 11.9. The van der Waals surface area contributed by atoms with Gasteiger partial charge < -0.3 is 9.47 Å². The molecule has 6 nitrogen and oxygen atoms in total. The highest BCUT2D eigenvalue weighted by Gasteiger charge is 2.14. The fourth-order valence-corrected chi connectivity index (χ4v) is 3.04. The van der Waals surface area contributed by atoms with Gasteiger partial charge in [-0.05, 0) is 30.0 Å². The third-order valence-corrected chi connectivity index (χ3v) is 4.13. The Morgan fingerprint density at radius 3 is 2.56 bits per heavy atom. The molecule has 0 aliphatic rings. The molecule has 0 radical (unpaired) electrons. The molecule has 0 bridgehead atoms. The van der Waals surface area contributed by atoms with Gasteiger partial charge in [0.25, 0.3) is 5.91 Å². The summed E-state index contributed by atoms with van der Waals surface area (Å²) in [6.45, 7) is 8.98. The van der Waals surface area contributed by atoms with E-state index in [2.05, 4.69) is 43.2 Å². The van der Waals surface area contributed by atoms with Gasteiger partial charge in [-0.3, -0.25) is 10.1 Å². The minimum Gasteiger partial charge on any atom is -0.493 e. The SMILES string of the molecule is COc1cc(C(=O)Nc2nnc(CC(C)C)s2)ccc1OCC(C)C. The number of hydrogen-bond donors (Lipinski definition) is 1. The lowest BCUT2D eigenvalue weighted by Gasteiger charge is -2.13. The highest BCUT2D eigenvalue weighted by molar-refractivity contribution is 7.15. The van der Waals surface area contributed by atoms with E-state index in [1.54, 1.807) is 25.3 Å². The fourth-order valence-electron chi connectivity index (χ4n) is 2.09. The molecule has 0 aliphatic heterocycles. The van der Waals surface area contributed by atoms with Gasteiger partial charge >= 0.3 is 0 Å². The number of benzene rings is 1. The zero-order valence-electron chi connectivity index (χ0n) is 15.3. The second-order valence-corrected chi connectivity index (χ2v) is 7.69. The number of amides is 1. The predicted molar refractivity (Wildman–Crippen MR) is 99.7 cm³/mol. The molecule has 0 saturated carbocycles. The Kier molecular flexibility index (Phi) is 6.75. The van der Waals surface area contributed by atoms with Crippen LogP contribution < -0.4 is 14.8 Å². The fraction of sp³-hybridized carbons (Fsp3) is 0.500. The molecule has 1 aromatic carbocycles. The van der Waals surface area contributed by atoms with Crippen LogP contribution in [0.1, 0.15) is 43.1 Å². The van der Waals surface area contributed by atoms with Crippen LogP contribution in [-0.4, -0.2) is 29.8 Å². The summed E-state index contributed by atoms with van der Waals surface area (Å²) in [5.74, 6) is 1.82. The van der Waals surface area contributed by atoms with Gasteiger partial charge in [0.05, 0.1) is 13.7 Å². The molecule has 1 heterocycles. The minimum absolute atomic E-state index is 0.249. The van der Waals surface area contributed by atoms with Crippen molar-refractivity contribution in [3.63, 3.8) is 0 Å². The van der Waals surface area contributed by atoms with Gasteiger partial charge in [-0.2, -0.15) is 0 Å². The van der Waals surface area contributed by atoms with E-state index in [0.717, 1.165) is 11.4 Å². The van der Waals surface area contributed by atoms with Crippen molar-refractivity contribution in [2.75, 3.05) is 19.0 Å². The standard InChI is InChI=1S/C18H25N3O3S/c1-11(2)8-16-20-21-18(25-16)19-17(22)13-6-7-14(15(9-13)23-5)24-10-12(3)4/h6-7,9,11-12H,8,10H2,1-5H3,(H,19,21,22). The van der Waals surface area contributed by atoms with Crippen LogP contribution in [0.25, 0.3) is 0 Å². The predicted octanol–water partition coefficient (Wildman–Crippen LogP) is 4.03. The number of nitrogens with one attached hydrogen (secondary N) is 1. The first-order valence-corrected chi connectivity index (χ1v) is 9.15. The lowest BCUT2D eigenvalue weighted by molar-refractivity contribution is 0.102. The minimum atomic E-state index is -0.249. The second-order valence-electron chi connectivity index (χ2n) is 6.62. The van der Waals surface area contributed by atoms with Crippen molar-refractivity contribution in [2.45, 2.75) is 34.1 Å². The number of carbonyl (C=O) groups is 1. The van der Waals surface area contributed by atoms with Crippen LogP contribution in [0, 0.1) is 11.8 Å². The van der Waals surface area contributed by atoms with Gasteiger partial charge in [-0.25, -0.2) is 0 Å². The number of carbonyl (C=O) groups excluding carboxylic acids is 1. The van der Waals surface area contributed by atoms with Crippen molar-refractivity contribution in [3.05, 3.63) is 28.8 Å². The topological polar surface area (TPSA) is 73.3 Å². The van der Waals surface area contributed by atoms with Crippen LogP contribution in [0.15, 0.2) is 18.2 Å². The molecule has 0 atom stereocenters. The lowest BCUT2D eigenvalue weighted by Crippen LogP contribution is -2.12. The van der Waals surface area contributed by atoms with Gasteiger partial charge in [0.15, 0.2) is 11.5 Å². The Hall–Kier alpha value is -2.15. The summed E-state index contributed by atoms with van der Waals surface area (Å²) < 4.78 is 11.0. The molecule has 0 spiro atoms. The zero-order valence-corrected chi connectivity index (χ0v) is 16.1. The maximum absolute atomic E-state index is 12.4. The monoisotopic (exact) mass is 363 g/mol. The van der Waals surface area contributed by atoms with Crippen LogP contribution in [0.3, 0.4) is 0 Å². The van der Waals surface area contributed by atoms with Crippen LogP contribution in [-0.2, 0) is 6.42 Å². The van der Waals surface area contributed by atoms with Crippen LogP contribution >= 0.6 is 11.3 Å². The van der Waals surface area contributed by atoms with E-state index >= 15 is 0 Å². The number of rotatable bonds is 8. The quantitative estimate of drug-likeness (QED) is 0.766. The second kappa shape index (κ2) is 8.80. The maximum Gasteiger partial charge on any atom is 0.257 e. The number of nitrogens with zero attached hydrogens (tertiary/aromatic N) is 2. The van der Waals surface area contributed by atoms with E-state index in [0.29, 0.717) is 40.6 Å². The molecule has 7 heteroatoms. The van der Waals surface area contributed by atoms with Gasteiger partial charge in [-0.1, -0.05) is 39.0 Å². The largest absolute Gasteiger partial charge is 0.493 e. The van der Waals surface area contributed by atoms with E-state index in [9.17, 15) is 4.79 Å². The zero-order chi connectivity index (χ0) is 18.4. The molecule has 2 rings (SSSR count). The average molecular weight is 363 g/mol. The van der Waals surface area contributed by atoms with Crippen molar-refractivity contribution in [3.8, 4) is 11.5 Å². The van der Waals surface area contributed by atoms with Crippen LogP contribution in [0.4, 0.5) is 5.13 Å². The molecule has 1 amide bonds. The molecule has 1 N–H and O–H groups in total. The molecular formula is C18H25N3O3S. The Balaban J connectivity index is 2.07. The Morgan fingerprint density at radius 2 is 1.92 bits per heavy atom. The summed E-state index contributed by atoms with van der Waals surface area (Å²) >= 11 is 1.40. The molecule has 0 aliphatic carbocycles. The molecule has 0 fully saturated rings.